The van der Waals surface area contributed by atoms with Gasteiger partial charge in [0, 0.05) is 11.1 Å². The number of para-hydroxylation sites is 4. The van der Waals surface area contributed by atoms with Crippen molar-refractivity contribution in [2.24, 2.45) is 0 Å². The second-order valence-electron chi connectivity index (χ2n) is 8.74. The van der Waals surface area contributed by atoms with Crippen LogP contribution in [0.5, 0.6) is 0 Å². The number of hydrogen-bond acceptors (Lipinski definition) is 3. The lowest BCUT2D eigenvalue weighted by Crippen LogP contribution is -2.07. The van der Waals surface area contributed by atoms with Gasteiger partial charge >= 0.3 is 0 Å². The maximum atomic E-state index is 13.9. The summed E-state index contributed by atoms with van der Waals surface area (Å²) in [5.74, 6) is 0.629. The molecule has 0 bridgehead atoms. The van der Waals surface area contributed by atoms with Crippen molar-refractivity contribution in [2.45, 2.75) is 0 Å². The maximum absolute atomic E-state index is 13.9. The van der Waals surface area contributed by atoms with Gasteiger partial charge in [-0.05, 0) is 35.9 Å². The largest absolute Gasteiger partial charge is 0.338 e. The summed E-state index contributed by atoms with van der Waals surface area (Å²) in [7, 11) is 0. The number of pyridine rings is 1. The molecule has 0 aliphatic carbocycles. The molecule has 0 unspecified atom stereocenters. The molecule has 7 aromatic rings. The van der Waals surface area contributed by atoms with Gasteiger partial charge in [0.1, 0.15) is 11.5 Å². The summed E-state index contributed by atoms with van der Waals surface area (Å²) in [5, 5.41) is 0. The second-order valence-corrected chi connectivity index (χ2v) is 8.74. The molecular formula is C31H20N4O. The Balaban J connectivity index is 1.65. The fourth-order valence-electron chi connectivity index (χ4n) is 4.88. The molecule has 0 aliphatic heterocycles. The van der Waals surface area contributed by atoms with E-state index in [0.29, 0.717) is 22.6 Å². The van der Waals surface area contributed by atoms with Gasteiger partial charge in [-0.1, -0.05) is 84.9 Å². The van der Waals surface area contributed by atoms with E-state index in [0.717, 1.165) is 38.9 Å². The quantitative estimate of drug-likeness (QED) is 0.287. The van der Waals surface area contributed by atoms with Crippen LogP contribution in [0.1, 0.15) is 15.9 Å². The predicted octanol–water partition coefficient (Wildman–Crippen LogP) is 6.93. The van der Waals surface area contributed by atoms with E-state index in [9.17, 15) is 4.79 Å². The maximum Gasteiger partial charge on any atom is 0.196 e. The van der Waals surface area contributed by atoms with Crippen LogP contribution in [0.15, 0.2) is 115 Å². The lowest BCUT2D eigenvalue weighted by Gasteiger charge is -2.15. The summed E-state index contributed by atoms with van der Waals surface area (Å²) in [5.41, 5.74) is 8.15. The van der Waals surface area contributed by atoms with Crippen LogP contribution in [-0.4, -0.2) is 25.1 Å². The molecule has 0 spiro atoms. The summed E-state index contributed by atoms with van der Waals surface area (Å²) < 4.78 is 2.10. The minimum atomic E-state index is -0.0760. The molecule has 7 rings (SSSR count). The fourth-order valence-corrected chi connectivity index (χ4v) is 4.88. The molecule has 5 nitrogen and oxygen atoms in total. The van der Waals surface area contributed by atoms with E-state index in [1.54, 1.807) is 0 Å². The zero-order chi connectivity index (χ0) is 24.1. The Kier molecular flexibility index (Phi) is 4.54. The molecule has 0 aliphatic rings. The Morgan fingerprint density at radius 3 is 2.14 bits per heavy atom. The van der Waals surface area contributed by atoms with Gasteiger partial charge in [-0.3, -0.25) is 9.20 Å². The van der Waals surface area contributed by atoms with Crippen molar-refractivity contribution in [3.05, 3.63) is 126 Å². The molecule has 0 atom stereocenters. The number of rotatable bonds is 4. The third-order valence-corrected chi connectivity index (χ3v) is 6.54. The predicted molar refractivity (Wildman–Crippen MR) is 143 cm³/mol. The highest BCUT2D eigenvalue weighted by Crippen LogP contribution is 2.37. The van der Waals surface area contributed by atoms with E-state index in [1.165, 1.54) is 0 Å². The van der Waals surface area contributed by atoms with Gasteiger partial charge in [-0.25, -0.2) is 9.97 Å². The van der Waals surface area contributed by atoms with Gasteiger partial charge in [0.2, 0.25) is 0 Å². The van der Waals surface area contributed by atoms with Crippen molar-refractivity contribution in [1.29, 1.82) is 0 Å². The first-order valence-electron chi connectivity index (χ1n) is 11.8. The summed E-state index contributed by atoms with van der Waals surface area (Å²) in [6, 6.07) is 37.4. The molecule has 0 saturated heterocycles. The molecular weight excluding hydrogens is 444 g/mol. The van der Waals surface area contributed by atoms with Gasteiger partial charge in [0.15, 0.2) is 5.78 Å². The molecule has 0 fully saturated rings. The van der Waals surface area contributed by atoms with Crippen molar-refractivity contribution < 1.29 is 4.79 Å². The van der Waals surface area contributed by atoms with Crippen LogP contribution in [0, 0.1) is 0 Å². The Morgan fingerprint density at radius 1 is 0.694 bits per heavy atom. The number of aromatic amines is 1. The Morgan fingerprint density at radius 2 is 1.36 bits per heavy atom. The summed E-state index contributed by atoms with van der Waals surface area (Å²) in [4.78, 5) is 27.2. The zero-order valence-electron chi connectivity index (χ0n) is 19.2. The van der Waals surface area contributed by atoms with Gasteiger partial charge < -0.3 is 4.98 Å². The molecule has 5 heteroatoms. The summed E-state index contributed by atoms with van der Waals surface area (Å²) in [6.07, 6.45) is 0. The van der Waals surface area contributed by atoms with Gasteiger partial charge in [-0.2, -0.15) is 0 Å². The average molecular weight is 465 g/mol. The first kappa shape index (κ1) is 20.4. The lowest BCUT2D eigenvalue weighted by atomic mass is 9.98. The number of imidazole rings is 2. The highest BCUT2D eigenvalue weighted by atomic mass is 16.1. The zero-order valence-corrected chi connectivity index (χ0v) is 19.2. The molecule has 0 radical (unpaired) electrons. The SMILES string of the molecule is O=C(c1ccccc1)c1cc(-c2nc3ccccc3[nH]2)c(-c2ccccc2)n2c1nc1ccccc12. The van der Waals surface area contributed by atoms with Crippen LogP contribution in [0.2, 0.25) is 0 Å². The molecule has 0 amide bonds. The van der Waals surface area contributed by atoms with E-state index in [-0.39, 0.29) is 5.78 Å². The second kappa shape index (κ2) is 8.03. The number of carbonyl (C=O) groups excluding carboxylic acids is 1. The van der Waals surface area contributed by atoms with Crippen molar-refractivity contribution in [3.63, 3.8) is 0 Å². The van der Waals surface area contributed by atoms with E-state index in [4.69, 9.17) is 9.97 Å². The van der Waals surface area contributed by atoms with Gasteiger partial charge in [0.05, 0.1) is 33.3 Å². The number of fused-ring (bicyclic) bond motifs is 4. The van der Waals surface area contributed by atoms with Crippen LogP contribution >= 0.6 is 0 Å². The van der Waals surface area contributed by atoms with E-state index >= 15 is 0 Å². The van der Waals surface area contributed by atoms with E-state index in [2.05, 4.69) is 21.5 Å². The third-order valence-electron chi connectivity index (χ3n) is 6.54. The van der Waals surface area contributed by atoms with Crippen molar-refractivity contribution in [1.82, 2.24) is 19.4 Å². The van der Waals surface area contributed by atoms with Crippen LogP contribution in [0.25, 0.3) is 50.4 Å². The van der Waals surface area contributed by atoms with Gasteiger partial charge in [-0.15, -0.1) is 0 Å². The van der Waals surface area contributed by atoms with Gasteiger partial charge in [0.25, 0.3) is 0 Å². The standard InChI is InChI=1S/C31H20N4O/c36-29(21-13-5-2-6-14-21)23-19-22(30-32-24-15-7-8-16-25(24)33-30)28(20-11-3-1-4-12-20)35-27-18-10-9-17-26(27)34-31(23)35/h1-19H,(H,32,33). The molecule has 36 heavy (non-hydrogen) atoms. The lowest BCUT2D eigenvalue weighted by molar-refractivity contribution is 0.104. The first-order valence-corrected chi connectivity index (χ1v) is 11.8. The molecule has 3 aromatic heterocycles. The topological polar surface area (TPSA) is 63.0 Å². The van der Waals surface area contributed by atoms with Crippen molar-refractivity contribution in [2.75, 3.05) is 0 Å². The highest BCUT2D eigenvalue weighted by molar-refractivity contribution is 6.14. The molecule has 0 saturated carbocycles. The molecule has 4 aromatic carbocycles. The number of ketones is 1. The number of hydrogen-bond donors (Lipinski definition) is 1. The summed E-state index contributed by atoms with van der Waals surface area (Å²) in [6.45, 7) is 0. The minimum absolute atomic E-state index is 0.0760. The minimum Gasteiger partial charge on any atom is -0.338 e. The molecule has 1 N–H and O–H groups in total. The van der Waals surface area contributed by atoms with Crippen LogP contribution in [-0.2, 0) is 0 Å². The Hall–Kier alpha value is -5.03. The van der Waals surface area contributed by atoms with Crippen molar-refractivity contribution >= 4 is 33.5 Å². The Bertz CT molecular complexity index is 1870. The average Bonchev–Trinajstić information content (AvgIpc) is 3.55. The molecule has 170 valence electrons. The number of carbonyl (C=O) groups is 1. The van der Waals surface area contributed by atoms with Crippen molar-refractivity contribution in [3.8, 4) is 22.6 Å². The van der Waals surface area contributed by atoms with Crippen LogP contribution in [0.3, 0.4) is 0 Å². The Labute approximate surface area is 206 Å². The summed E-state index contributed by atoms with van der Waals surface area (Å²) >= 11 is 0. The number of aromatic nitrogens is 4. The normalized spacial score (nSPS) is 11.4. The third kappa shape index (κ3) is 3.14. The van der Waals surface area contributed by atoms with Crippen LogP contribution < -0.4 is 0 Å². The first-order chi connectivity index (χ1) is 17.8. The van der Waals surface area contributed by atoms with Crippen LogP contribution in [0.4, 0.5) is 0 Å². The smallest absolute Gasteiger partial charge is 0.196 e. The van der Waals surface area contributed by atoms with E-state index in [1.807, 2.05) is 103 Å². The van der Waals surface area contributed by atoms with E-state index < -0.39 is 0 Å². The molecule has 3 heterocycles. The monoisotopic (exact) mass is 464 g/mol. The highest BCUT2D eigenvalue weighted by Gasteiger charge is 2.24. The number of nitrogens with one attached hydrogen (secondary N) is 1. The number of H-pyrrole nitrogens is 1. The number of benzene rings is 4. The fraction of sp³-hybridized carbons (Fsp3) is 0. The number of nitrogens with zero attached hydrogens (tertiary/aromatic N) is 3.